The fourth-order valence-corrected chi connectivity index (χ4v) is 4.26. The van der Waals surface area contributed by atoms with E-state index >= 15 is 0 Å². The van der Waals surface area contributed by atoms with Crippen LogP contribution in [0.1, 0.15) is 6.92 Å². The fourth-order valence-electron chi connectivity index (χ4n) is 2.81. The van der Waals surface area contributed by atoms with Crippen molar-refractivity contribution in [3.8, 4) is 5.75 Å². The smallest absolute Gasteiger partial charge is 0.262 e. The van der Waals surface area contributed by atoms with E-state index in [-0.39, 0.29) is 36.4 Å². The number of sulfonamides is 1. The third-order valence-corrected chi connectivity index (χ3v) is 6.06. The maximum Gasteiger partial charge on any atom is 0.262 e. The van der Waals surface area contributed by atoms with E-state index in [2.05, 4.69) is 5.32 Å². The van der Waals surface area contributed by atoms with E-state index in [9.17, 15) is 18.0 Å². The molecule has 0 unspecified atom stereocenters. The summed E-state index contributed by atoms with van der Waals surface area (Å²) in [5, 5.41) is 2.60. The van der Waals surface area contributed by atoms with Crippen LogP contribution in [0.3, 0.4) is 0 Å². The van der Waals surface area contributed by atoms with Crippen LogP contribution in [0.25, 0.3) is 0 Å². The predicted molar refractivity (Wildman–Crippen MR) is 89.6 cm³/mol. The van der Waals surface area contributed by atoms with E-state index in [1.807, 2.05) is 0 Å². The molecule has 2 amide bonds. The zero-order chi connectivity index (χ0) is 18.2. The first kappa shape index (κ1) is 17.6. The number of nitrogens with one attached hydrogen (secondary N) is 1. The van der Waals surface area contributed by atoms with Crippen LogP contribution in [0.2, 0.25) is 0 Å². The normalized spacial score (nSPS) is 19.6. The summed E-state index contributed by atoms with van der Waals surface area (Å²) in [7, 11) is -3.73. The number of hydrogen-bond donors (Lipinski definition) is 2. The minimum absolute atomic E-state index is 0.0732. The third kappa shape index (κ3) is 3.46. The highest BCUT2D eigenvalue weighted by Crippen LogP contribution is 2.31. The number of nitrogens with zero attached hydrogens (tertiary/aromatic N) is 2. The summed E-state index contributed by atoms with van der Waals surface area (Å²) in [5.41, 5.74) is 5.92. The summed E-state index contributed by atoms with van der Waals surface area (Å²) in [6.07, 6.45) is 0. The molecular formula is C15H20N4O5S. The van der Waals surface area contributed by atoms with E-state index in [0.29, 0.717) is 24.5 Å². The van der Waals surface area contributed by atoms with Gasteiger partial charge in [-0.3, -0.25) is 9.59 Å². The molecule has 0 radical (unpaired) electrons. The summed E-state index contributed by atoms with van der Waals surface area (Å²) in [6.45, 7) is 2.50. The molecule has 10 heteroatoms. The molecule has 25 heavy (non-hydrogen) atoms. The van der Waals surface area contributed by atoms with Crippen LogP contribution >= 0.6 is 0 Å². The number of benzene rings is 1. The first-order valence-corrected chi connectivity index (χ1v) is 9.34. The molecule has 0 saturated carbocycles. The van der Waals surface area contributed by atoms with Gasteiger partial charge in [-0.1, -0.05) is 0 Å². The Morgan fingerprint density at radius 1 is 1.28 bits per heavy atom. The maximum absolute atomic E-state index is 12.8. The maximum atomic E-state index is 12.8. The van der Waals surface area contributed by atoms with Gasteiger partial charge in [-0.2, -0.15) is 4.31 Å². The Morgan fingerprint density at radius 3 is 2.60 bits per heavy atom. The predicted octanol–water partition coefficient (Wildman–Crippen LogP) is -0.802. The van der Waals surface area contributed by atoms with Gasteiger partial charge in [-0.05, 0) is 25.1 Å². The molecule has 0 aliphatic carbocycles. The average Bonchev–Trinajstić information content (AvgIpc) is 2.60. The standard InChI is InChI=1S/C15H20N4O5S/c1-10(16)15(21)18-4-6-19(7-5-18)25(22,23)11-2-3-13-12(8-11)17-14(20)9-24-13/h2-3,8,10H,4-7,9,16H2,1H3,(H,17,20)/t10-/m1/s1. The number of carbonyl (C=O) groups is 2. The van der Waals surface area contributed by atoms with E-state index in [4.69, 9.17) is 10.5 Å². The Bertz CT molecular complexity index is 800. The lowest BCUT2D eigenvalue weighted by Crippen LogP contribution is -2.53. The first-order valence-electron chi connectivity index (χ1n) is 7.90. The average molecular weight is 368 g/mol. The van der Waals surface area contributed by atoms with Crippen LogP contribution in [0.15, 0.2) is 23.1 Å². The number of anilines is 1. The molecule has 2 heterocycles. The van der Waals surface area contributed by atoms with Gasteiger partial charge >= 0.3 is 0 Å². The molecule has 3 N–H and O–H groups in total. The topological polar surface area (TPSA) is 122 Å². The molecule has 2 aliphatic heterocycles. The van der Waals surface area contributed by atoms with Gasteiger partial charge in [-0.25, -0.2) is 8.42 Å². The zero-order valence-electron chi connectivity index (χ0n) is 13.8. The molecule has 1 saturated heterocycles. The van der Waals surface area contributed by atoms with Gasteiger partial charge in [-0.15, -0.1) is 0 Å². The van der Waals surface area contributed by atoms with Crippen molar-refractivity contribution in [1.82, 2.24) is 9.21 Å². The summed E-state index contributed by atoms with van der Waals surface area (Å²) in [4.78, 5) is 24.9. The molecule has 0 aromatic heterocycles. The zero-order valence-corrected chi connectivity index (χ0v) is 14.6. The lowest BCUT2D eigenvalue weighted by atomic mass is 10.2. The quantitative estimate of drug-likeness (QED) is 0.720. The minimum Gasteiger partial charge on any atom is -0.482 e. The van der Waals surface area contributed by atoms with Gasteiger partial charge in [0.05, 0.1) is 16.6 Å². The lowest BCUT2D eigenvalue weighted by molar-refractivity contribution is -0.133. The molecule has 0 spiro atoms. The molecule has 2 aliphatic rings. The molecule has 1 fully saturated rings. The number of amides is 2. The van der Waals surface area contributed by atoms with E-state index in [1.54, 1.807) is 11.8 Å². The van der Waals surface area contributed by atoms with Gasteiger partial charge in [0.2, 0.25) is 15.9 Å². The van der Waals surface area contributed by atoms with Crippen molar-refractivity contribution >= 4 is 27.5 Å². The van der Waals surface area contributed by atoms with Crippen LogP contribution < -0.4 is 15.8 Å². The Morgan fingerprint density at radius 2 is 1.96 bits per heavy atom. The largest absolute Gasteiger partial charge is 0.482 e. The van der Waals surface area contributed by atoms with E-state index in [1.165, 1.54) is 22.5 Å². The van der Waals surface area contributed by atoms with Crippen LogP contribution in [0.5, 0.6) is 5.75 Å². The van der Waals surface area contributed by atoms with Gasteiger partial charge in [0.1, 0.15) is 5.75 Å². The van der Waals surface area contributed by atoms with Crippen molar-refractivity contribution in [2.75, 3.05) is 38.1 Å². The van der Waals surface area contributed by atoms with Crippen molar-refractivity contribution in [3.05, 3.63) is 18.2 Å². The van der Waals surface area contributed by atoms with Gasteiger partial charge in [0, 0.05) is 26.2 Å². The Labute approximate surface area is 145 Å². The Kier molecular flexibility index (Phi) is 4.67. The van der Waals surface area contributed by atoms with Crippen molar-refractivity contribution in [1.29, 1.82) is 0 Å². The molecule has 1 aromatic rings. The van der Waals surface area contributed by atoms with Gasteiger partial charge < -0.3 is 20.7 Å². The second-order valence-electron chi connectivity index (χ2n) is 6.01. The number of fused-ring (bicyclic) bond motifs is 1. The summed E-state index contributed by atoms with van der Waals surface area (Å²) >= 11 is 0. The molecule has 0 bridgehead atoms. The van der Waals surface area contributed by atoms with E-state index < -0.39 is 16.1 Å². The number of piperazine rings is 1. The van der Waals surface area contributed by atoms with Crippen LogP contribution in [0.4, 0.5) is 5.69 Å². The van der Waals surface area contributed by atoms with Crippen LogP contribution in [0, 0.1) is 0 Å². The molecule has 136 valence electrons. The summed E-state index contributed by atoms with van der Waals surface area (Å²) < 4.78 is 32.2. The third-order valence-electron chi connectivity index (χ3n) is 4.16. The number of hydrogen-bond acceptors (Lipinski definition) is 6. The molecule has 1 atom stereocenters. The Hall–Kier alpha value is -2.17. The van der Waals surface area contributed by atoms with Gasteiger partial charge in [0.25, 0.3) is 5.91 Å². The number of carbonyl (C=O) groups excluding carboxylic acids is 2. The molecule has 3 rings (SSSR count). The van der Waals surface area contributed by atoms with Crippen LogP contribution in [-0.4, -0.2) is 68.3 Å². The second-order valence-corrected chi connectivity index (χ2v) is 7.95. The highest BCUT2D eigenvalue weighted by Gasteiger charge is 2.31. The summed E-state index contributed by atoms with van der Waals surface area (Å²) in [6, 6.07) is 3.76. The lowest BCUT2D eigenvalue weighted by Gasteiger charge is -2.34. The van der Waals surface area contributed by atoms with E-state index in [0.717, 1.165) is 0 Å². The van der Waals surface area contributed by atoms with Crippen molar-refractivity contribution in [3.63, 3.8) is 0 Å². The first-order chi connectivity index (χ1) is 11.8. The fraction of sp³-hybridized carbons (Fsp3) is 0.467. The van der Waals surface area contributed by atoms with Crippen molar-refractivity contribution in [2.24, 2.45) is 5.73 Å². The number of nitrogens with two attached hydrogens (primary N) is 1. The number of ether oxygens (including phenoxy) is 1. The molecule has 1 aromatic carbocycles. The SMILES string of the molecule is C[C@@H](N)C(=O)N1CCN(S(=O)(=O)c2ccc3c(c2)NC(=O)CO3)CC1. The highest BCUT2D eigenvalue weighted by molar-refractivity contribution is 7.89. The monoisotopic (exact) mass is 368 g/mol. The summed E-state index contributed by atoms with van der Waals surface area (Å²) in [5.74, 6) is -0.0818. The highest BCUT2D eigenvalue weighted by atomic mass is 32.2. The Balaban J connectivity index is 1.76. The van der Waals surface area contributed by atoms with Crippen molar-refractivity contribution in [2.45, 2.75) is 17.9 Å². The number of rotatable bonds is 3. The minimum atomic E-state index is -3.73. The molecular weight excluding hydrogens is 348 g/mol. The molecule has 9 nitrogen and oxygen atoms in total. The van der Waals surface area contributed by atoms with Gasteiger partial charge in [0.15, 0.2) is 6.61 Å². The van der Waals surface area contributed by atoms with Crippen LogP contribution in [-0.2, 0) is 19.6 Å². The van der Waals surface area contributed by atoms with Crippen molar-refractivity contribution < 1.29 is 22.7 Å². The second kappa shape index (κ2) is 6.62.